The average molecular weight is 339 g/mol. The van der Waals surface area contributed by atoms with E-state index in [1.807, 2.05) is 0 Å². The summed E-state index contributed by atoms with van der Waals surface area (Å²) >= 11 is 0. The molecule has 2 aliphatic rings. The molecular weight excluding hydrogens is 300 g/mol. The summed E-state index contributed by atoms with van der Waals surface area (Å²) in [7, 11) is 0. The Hall–Kier alpha value is -1.04. The fourth-order valence-corrected chi connectivity index (χ4v) is 5.63. The Bertz CT molecular complexity index is 564. The molecular formula is C25H38. The van der Waals surface area contributed by atoms with E-state index >= 15 is 0 Å². The van der Waals surface area contributed by atoms with Crippen molar-refractivity contribution < 1.29 is 0 Å². The second-order valence-electron chi connectivity index (χ2n) is 9.26. The predicted octanol–water partition coefficient (Wildman–Crippen LogP) is 7.96. The van der Waals surface area contributed by atoms with Crippen molar-refractivity contribution in [2.75, 3.05) is 0 Å². The maximum atomic E-state index is 2.58. The van der Waals surface area contributed by atoms with Gasteiger partial charge in [-0.1, -0.05) is 81.4 Å². The molecule has 0 N–H and O–H groups in total. The van der Waals surface area contributed by atoms with Gasteiger partial charge in [0, 0.05) is 0 Å². The van der Waals surface area contributed by atoms with Gasteiger partial charge in [-0.15, -0.1) is 0 Å². The lowest BCUT2D eigenvalue weighted by molar-refractivity contribution is 0.137. The summed E-state index contributed by atoms with van der Waals surface area (Å²) in [6.07, 6.45) is 18.3. The molecule has 0 amide bonds. The Labute approximate surface area is 156 Å². The van der Waals surface area contributed by atoms with Crippen molar-refractivity contribution >= 4 is 5.57 Å². The van der Waals surface area contributed by atoms with Crippen LogP contribution < -0.4 is 0 Å². The molecule has 0 spiro atoms. The highest BCUT2D eigenvalue weighted by atomic mass is 14.4. The number of rotatable bonds is 2. The number of aryl methyl sites for hydroxylation is 1. The van der Waals surface area contributed by atoms with Crippen molar-refractivity contribution in [1.29, 1.82) is 0 Å². The summed E-state index contributed by atoms with van der Waals surface area (Å²) in [5.74, 6) is 1.77. The molecule has 0 aliphatic heterocycles. The molecule has 0 radical (unpaired) electrons. The van der Waals surface area contributed by atoms with Crippen LogP contribution in [0.15, 0.2) is 30.3 Å². The minimum atomic E-state index is 0.656. The maximum absolute atomic E-state index is 2.58. The molecule has 1 aromatic carbocycles. The molecule has 0 nitrogen and oxygen atoms in total. The van der Waals surface area contributed by atoms with Crippen LogP contribution in [0.4, 0.5) is 0 Å². The van der Waals surface area contributed by atoms with Crippen LogP contribution in [0.3, 0.4) is 0 Å². The summed E-state index contributed by atoms with van der Waals surface area (Å²) in [4.78, 5) is 0. The highest BCUT2D eigenvalue weighted by Crippen LogP contribution is 2.45. The maximum Gasteiger partial charge on any atom is -0.0159 e. The summed E-state index contributed by atoms with van der Waals surface area (Å²) in [5, 5.41) is 0. The number of benzene rings is 1. The average Bonchev–Trinajstić information content (AvgIpc) is 2.62. The quantitative estimate of drug-likeness (QED) is 0.513. The standard InChI is InChI=1S/C25H38/c1-4-24(23-15-13-20(2)14-16-23)22-11-5-6-17-25(3)18-8-10-21(19-25)9-7-12-22/h4,13-16,21-22H,5-12,17-19H2,1-3H3. The fourth-order valence-electron chi connectivity index (χ4n) is 5.63. The molecule has 2 bridgehead atoms. The van der Waals surface area contributed by atoms with Crippen molar-refractivity contribution in [3.63, 3.8) is 0 Å². The van der Waals surface area contributed by atoms with Gasteiger partial charge in [-0.2, -0.15) is 0 Å². The van der Waals surface area contributed by atoms with Crippen molar-refractivity contribution in [2.24, 2.45) is 17.3 Å². The number of allylic oxidation sites excluding steroid dienone is 2. The minimum absolute atomic E-state index is 0.656. The van der Waals surface area contributed by atoms with Gasteiger partial charge in [-0.25, -0.2) is 0 Å². The Morgan fingerprint density at radius 2 is 1.60 bits per heavy atom. The topological polar surface area (TPSA) is 0 Å². The van der Waals surface area contributed by atoms with Gasteiger partial charge in [0.2, 0.25) is 0 Å². The van der Waals surface area contributed by atoms with Gasteiger partial charge in [-0.3, -0.25) is 0 Å². The molecule has 0 heteroatoms. The van der Waals surface area contributed by atoms with Crippen molar-refractivity contribution in [2.45, 2.75) is 91.4 Å². The van der Waals surface area contributed by atoms with E-state index < -0.39 is 0 Å². The van der Waals surface area contributed by atoms with Gasteiger partial charge in [-0.05, 0) is 74.3 Å². The Morgan fingerprint density at radius 3 is 2.36 bits per heavy atom. The molecule has 0 saturated heterocycles. The normalized spacial score (nSPS) is 32.0. The van der Waals surface area contributed by atoms with E-state index in [0.717, 1.165) is 11.8 Å². The van der Waals surface area contributed by atoms with Gasteiger partial charge < -0.3 is 0 Å². The predicted molar refractivity (Wildman–Crippen MR) is 111 cm³/mol. The van der Waals surface area contributed by atoms with E-state index in [1.54, 1.807) is 5.57 Å². The van der Waals surface area contributed by atoms with E-state index in [4.69, 9.17) is 0 Å². The molecule has 0 aromatic heterocycles. The summed E-state index contributed by atoms with van der Waals surface area (Å²) in [6, 6.07) is 9.22. The lowest BCUT2D eigenvalue weighted by Crippen LogP contribution is -2.25. The van der Waals surface area contributed by atoms with Crippen LogP contribution in [-0.2, 0) is 0 Å². The first-order valence-electron chi connectivity index (χ1n) is 10.8. The fraction of sp³-hybridized carbons (Fsp3) is 0.680. The van der Waals surface area contributed by atoms with Gasteiger partial charge in [0.15, 0.2) is 0 Å². The van der Waals surface area contributed by atoms with Crippen LogP contribution >= 0.6 is 0 Å². The van der Waals surface area contributed by atoms with Crippen LogP contribution in [0.5, 0.6) is 0 Å². The summed E-state index contributed by atoms with van der Waals surface area (Å²) in [5.41, 5.74) is 5.08. The first kappa shape index (κ1) is 18.7. The number of fused-ring (bicyclic) bond motifs is 2. The van der Waals surface area contributed by atoms with E-state index in [-0.39, 0.29) is 0 Å². The van der Waals surface area contributed by atoms with E-state index in [9.17, 15) is 0 Å². The molecule has 138 valence electrons. The van der Waals surface area contributed by atoms with Crippen LogP contribution in [0.25, 0.3) is 5.57 Å². The van der Waals surface area contributed by atoms with Gasteiger partial charge in [0.25, 0.3) is 0 Å². The Balaban J connectivity index is 1.71. The number of hydrogen-bond acceptors (Lipinski definition) is 0. The SMILES string of the molecule is CC=C(c1ccc(C)cc1)C1CCCCC2(C)CCCC(CCC1)C2. The third-order valence-electron chi connectivity index (χ3n) is 7.06. The van der Waals surface area contributed by atoms with Crippen LogP contribution in [0.2, 0.25) is 0 Å². The lowest BCUT2D eigenvalue weighted by Gasteiger charge is -2.38. The minimum Gasteiger partial charge on any atom is -0.0836 e. The first-order valence-corrected chi connectivity index (χ1v) is 10.8. The molecule has 3 atom stereocenters. The van der Waals surface area contributed by atoms with Crippen molar-refractivity contribution in [3.8, 4) is 0 Å². The second-order valence-corrected chi connectivity index (χ2v) is 9.26. The van der Waals surface area contributed by atoms with Crippen molar-refractivity contribution in [1.82, 2.24) is 0 Å². The molecule has 3 rings (SSSR count). The van der Waals surface area contributed by atoms with Crippen molar-refractivity contribution in [3.05, 3.63) is 41.5 Å². The molecule has 3 unspecified atom stereocenters. The molecule has 1 aromatic rings. The Kier molecular flexibility index (Phi) is 6.42. The van der Waals surface area contributed by atoms with Crippen LogP contribution in [0, 0.1) is 24.2 Å². The summed E-state index contributed by atoms with van der Waals surface area (Å²) in [6.45, 7) is 7.01. The monoisotopic (exact) mass is 338 g/mol. The van der Waals surface area contributed by atoms with Gasteiger partial charge in [0.1, 0.15) is 0 Å². The highest BCUT2D eigenvalue weighted by Gasteiger charge is 2.32. The van der Waals surface area contributed by atoms with E-state index in [0.29, 0.717) is 5.41 Å². The van der Waals surface area contributed by atoms with Crippen LogP contribution in [0.1, 0.15) is 95.6 Å². The molecule has 2 fully saturated rings. The zero-order valence-corrected chi connectivity index (χ0v) is 16.8. The van der Waals surface area contributed by atoms with E-state index in [2.05, 4.69) is 51.1 Å². The third-order valence-corrected chi connectivity index (χ3v) is 7.06. The molecule has 2 saturated carbocycles. The number of hydrogen-bond donors (Lipinski definition) is 0. The Morgan fingerprint density at radius 1 is 0.920 bits per heavy atom. The van der Waals surface area contributed by atoms with Gasteiger partial charge in [0.05, 0.1) is 0 Å². The third kappa shape index (κ3) is 4.99. The zero-order chi connectivity index (χ0) is 17.7. The second kappa shape index (κ2) is 8.56. The largest absolute Gasteiger partial charge is 0.0836 e. The lowest BCUT2D eigenvalue weighted by atomic mass is 9.67. The highest BCUT2D eigenvalue weighted by molar-refractivity contribution is 5.67. The molecule has 25 heavy (non-hydrogen) atoms. The summed E-state index contributed by atoms with van der Waals surface area (Å²) < 4.78 is 0. The molecule has 0 heterocycles. The first-order chi connectivity index (χ1) is 12.1. The smallest absolute Gasteiger partial charge is 0.0159 e. The molecule has 2 aliphatic carbocycles. The van der Waals surface area contributed by atoms with Gasteiger partial charge >= 0.3 is 0 Å². The van der Waals surface area contributed by atoms with E-state index in [1.165, 1.54) is 81.8 Å². The zero-order valence-electron chi connectivity index (χ0n) is 16.8. The van der Waals surface area contributed by atoms with Crippen LogP contribution in [-0.4, -0.2) is 0 Å².